The van der Waals surface area contributed by atoms with Crippen LogP contribution in [0.25, 0.3) is 0 Å². The molecule has 0 aliphatic heterocycles. The average molecular weight is 471 g/mol. The van der Waals surface area contributed by atoms with Crippen LogP contribution in [-0.4, -0.2) is 21.4 Å². The minimum atomic E-state index is -4.25. The van der Waals surface area contributed by atoms with Gasteiger partial charge >= 0.3 is 0 Å². The maximum Gasteiger partial charge on any atom is 0.272 e. The molecule has 0 N–H and O–H groups in total. The van der Waals surface area contributed by atoms with E-state index in [1.54, 1.807) is 18.2 Å². The summed E-state index contributed by atoms with van der Waals surface area (Å²) in [5.41, 5.74) is 0.0987. The number of benzene rings is 3. The highest BCUT2D eigenvalue weighted by Crippen LogP contribution is 2.33. The lowest BCUT2D eigenvalue weighted by Gasteiger charge is -2.23. The zero-order valence-electron chi connectivity index (χ0n) is 15.0. The van der Waals surface area contributed by atoms with E-state index in [0.717, 1.165) is 0 Å². The van der Waals surface area contributed by atoms with E-state index in [-0.39, 0.29) is 31.2 Å². The Morgan fingerprint density at radius 3 is 2.14 bits per heavy atom. The van der Waals surface area contributed by atoms with Crippen molar-refractivity contribution in [2.24, 2.45) is 0 Å². The van der Waals surface area contributed by atoms with E-state index in [2.05, 4.69) is 0 Å². The summed E-state index contributed by atoms with van der Waals surface area (Å²) in [6.45, 7) is 0. The molecule has 0 atom stereocenters. The lowest BCUT2D eigenvalue weighted by atomic mass is 10.2. The molecule has 3 rings (SSSR count). The lowest BCUT2D eigenvalue weighted by molar-refractivity contribution is 0.101. The van der Waals surface area contributed by atoms with Crippen molar-refractivity contribution in [3.63, 3.8) is 0 Å². The maximum atomic E-state index is 13.3. The first kappa shape index (κ1) is 21.5. The highest BCUT2D eigenvalue weighted by molar-refractivity contribution is 7.93. The molecule has 0 saturated carbocycles. The molecular weight excluding hydrogens is 457 g/mol. The van der Waals surface area contributed by atoms with Gasteiger partial charge in [0.1, 0.15) is 5.75 Å². The molecule has 0 bridgehead atoms. The number of methoxy groups -OCH3 is 1. The first-order valence-corrected chi connectivity index (χ1v) is 10.8. The third-order valence-corrected chi connectivity index (χ3v) is 6.76. The molecule has 29 heavy (non-hydrogen) atoms. The summed E-state index contributed by atoms with van der Waals surface area (Å²) in [5.74, 6) is -0.469. The van der Waals surface area contributed by atoms with Crippen molar-refractivity contribution < 1.29 is 17.9 Å². The highest BCUT2D eigenvalue weighted by atomic mass is 35.5. The summed E-state index contributed by atoms with van der Waals surface area (Å²) in [4.78, 5) is 13.2. The van der Waals surface area contributed by atoms with Crippen LogP contribution in [0.4, 0.5) is 5.69 Å². The van der Waals surface area contributed by atoms with Crippen molar-refractivity contribution >= 4 is 56.4 Å². The average Bonchev–Trinajstić information content (AvgIpc) is 2.71. The van der Waals surface area contributed by atoms with Crippen molar-refractivity contribution in [2.75, 3.05) is 11.4 Å². The van der Waals surface area contributed by atoms with Crippen molar-refractivity contribution in [1.29, 1.82) is 0 Å². The number of hydrogen-bond donors (Lipinski definition) is 0. The Labute approximate surface area is 183 Å². The van der Waals surface area contributed by atoms with Crippen LogP contribution < -0.4 is 9.04 Å². The fourth-order valence-electron chi connectivity index (χ4n) is 2.59. The van der Waals surface area contributed by atoms with Crippen molar-refractivity contribution in [3.8, 4) is 5.75 Å². The first-order valence-electron chi connectivity index (χ1n) is 8.19. The molecule has 0 aromatic heterocycles. The van der Waals surface area contributed by atoms with Gasteiger partial charge in [0, 0.05) is 5.56 Å². The Bertz CT molecular complexity index is 1170. The molecule has 0 aliphatic carbocycles. The number of carbonyl (C=O) groups is 1. The topological polar surface area (TPSA) is 63.7 Å². The van der Waals surface area contributed by atoms with E-state index < -0.39 is 15.9 Å². The predicted octanol–water partition coefficient (Wildman–Crippen LogP) is 5.69. The standard InChI is InChI=1S/C20H14Cl3NO4S/c1-28-19-10-8-14(12-18(19)23)24(29(26,27)15-5-3-2-4-6-15)20(25)13-7-9-16(21)17(22)11-13/h2-12H,1H3. The molecule has 5 nitrogen and oxygen atoms in total. The van der Waals surface area contributed by atoms with Crippen LogP contribution in [0.3, 0.4) is 0 Å². The zero-order valence-corrected chi connectivity index (χ0v) is 18.1. The summed E-state index contributed by atoms with van der Waals surface area (Å²) in [5, 5.41) is 0.524. The van der Waals surface area contributed by atoms with Crippen LogP contribution in [0, 0.1) is 0 Å². The maximum absolute atomic E-state index is 13.3. The molecule has 9 heteroatoms. The molecular formula is C20H14Cl3NO4S. The lowest BCUT2D eigenvalue weighted by Crippen LogP contribution is -2.37. The largest absolute Gasteiger partial charge is 0.495 e. The van der Waals surface area contributed by atoms with Crippen molar-refractivity contribution in [3.05, 3.63) is 87.4 Å². The molecule has 1 amide bonds. The van der Waals surface area contributed by atoms with Crippen molar-refractivity contribution in [2.45, 2.75) is 4.90 Å². The molecule has 0 heterocycles. The van der Waals surface area contributed by atoms with Gasteiger partial charge < -0.3 is 4.74 Å². The Balaban J connectivity index is 2.20. The smallest absolute Gasteiger partial charge is 0.272 e. The number of halogens is 3. The summed E-state index contributed by atoms with van der Waals surface area (Å²) < 4.78 is 32.5. The second-order valence-electron chi connectivity index (χ2n) is 5.84. The van der Waals surface area contributed by atoms with Crippen LogP contribution in [0.15, 0.2) is 71.6 Å². The van der Waals surface area contributed by atoms with E-state index in [1.165, 1.54) is 55.6 Å². The van der Waals surface area contributed by atoms with Gasteiger partial charge in [-0.3, -0.25) is 4.79 Å². The second-order valence-corrected chi connectivity index (χ2v) is 8.84. The summed E-state index contributed by atoms with van der Waals surface area (Å²) in [7, 11) is -2.82. The molecule has 0 unspecified atom stereocenters. The van der Waals surface area contributed by atoms with E-state index in [4.69, 9.17) is 39.5 Å². The number of rotatable bonds is 5. The van der Waals surface area contributed by atoms with Gasteiger partial charge in [-0.2, -0.15) is 4.31 Å². The molecule has 0 spiro atoms. The summed E-state index contributed by atoms with van der Waals surface area (Å²) in [6.07, 6.45) is 0. The van der Waals surface area contributed by atoms with E-state index >= 15 is 0 Å². The number of anilines is 1. The minimum Gasteiger partial charge on any atom is -0.495 e. The van der Waals surface area contributed by atoms with E-state index in [0.29, 0.717) is 10.1 Å². The van der Waals surface area contributed by atoms with Gasteiger partial charge in [0.15, 0.2) is 0 Å². The molecule has 3 aromatic rings. The molecule has 0 fully saturated rings. The third-order valence-electron chi connectivity index (χ3n) is 4.00. The fraction of sp³-hybridized carbons (Fsp3) is 0.0500. The Morgan fingerprint density at radius 2 is 1.55 bits per heavy atom. The van der Waals surface area contributed by atoms with Crippen LogP contribution in [0.5, 0.6) is 5.75 Å². The summed E-state index contributed by atoms with van der Waals surface area (Å²) >= 11 is 18.1. The van der Waals surface area contributed by atoms with E-state index in [9.17, 15) is 13.2 Å². The van der Waals surface area contributed by atoms with Gasteiger partial charge in [-0.15, -0.1) is 0 Å². The number of hydrogen-bond acceptors (Lipinski definition) is 4. The Kier molecular flexibility index (Phi) is 6.39. The Morgan fingerprint density at radius 1 is 0.862 bits per heavy atom. The second kappa shape index (κ2) is 8.63. The van der Waals surface area contributed by atoms with Gasteiger partial charge in [-0.05, 0) is 48.5 Å². The molecule has 0 aliphatic rings. The highest BCUT2D eigenvalue weighted by Gasteiger charge is 2.32. The monoisotopic (exact) mass is 469 g/mol. The van der Waals surface area contributed by atoms with Gasteiger partial charge in [0.05, 0.1) is 32.8 Å². The Hall–Kier alpha value is -2.25. The first-order chi connectivity index (χ1) is 13.8. The zero-order chi connectivity index (χ0) is 21.2. The fourth-order valence-corrected chi connectivity index (χ4v) is 4.57. The van der Waals surface area contributed by atoms with Gasteiger partial charge in [0.2, 0.25) is 0 Å². The summed E-state index contributed by atoms with van der Waals surface area (Å²) in [6, 6.07) is 16.0. The van der Waals surface area contributed by atoms with Gasteiger partial charge in [-0.1, -0.05) is 53.0 Å². The number of carbonyl (C=O) groups excluding carboxylic acids is 1. The third kappa shape index (κ3) is 4.36. The SMILES string of the molecule is COc1ccc(N(C(=O)c2ccc(Cl)c(Cl)c2)S(=O)(=O)c2ccccc2)cc1Cl. The normalized spacial score (nSPS) is 11.2. The number of amides is 1. The van der Waals surface area contributed by atoms with Crippen LogP contribution in [0.1, 0.15) is 10.4 Å². The minimum absolute atomic E-state index is 0.0471. The van der Waals surface area contributed by atoms with Crippen molar-refractivity contribution in [1.82, 2.24) is 0 Å². The molecule has 0 radical (unpaired) electrons. The number of ether oxygens (including phenoxy) is 1. The molecule has 0 saturated heterocycles. The van der Waals surface area contributed by atoms with Crippen LogP contribution >= 0.6 is 34.8 Å². The van der Waals surface area contributed by atoms with Gasteiger partial charge in [0.25, 0.3) is 15.9 Å². The number of sulfonamides is 1. The van der Waals surface area contributed by atoms with Crippen LogP contribution in [0.2, 0.25) is 15.1 Å². The van der Waals surface area contributed by atoms with Gasteiger partial charge in [-0.25, -0.2) is 8.42 Å². The quantitative estimate of drug-likeness (QED) is 0.480. The number of nitrogens with zero attached hydrogens (tertiary/aromatic N) is 1. The predicted molar refractivity (Wildman–Crippen MR) is 115 cm³/mol. The van der Waals surface area contributed by atoms with Crippen LogP contribution in [-0.2, 0) is 10.0 Å². The van der Waals surface area contributed by atoms with E-state index in [1.807, 2.05) is 0 Å². The molecule has 150 valence electrons. The molecule has 3 aromatic carbocycles.